The van der Waals surface area contributed by atoms with Crippen LogP contribution in [0.5, 0.6) is 0 Å². The Morgan fingerprint density at radius 3 is 2.54 bits per heavy atom. The van der Waals surface area contributed by atoms with Gasteiger partial charge in [0.15, 0.2) is 15.0 Å². The maximum absolute atomic E-state index is 12.4. The molecule has 0 bridgehead atoms. The van der Waals surface area contributed by atoms with Gasteiger partial charge in [0.05, 0.1) is 17.5 Å². The molecule has 2 aliphatic rings. The quantitative estimate of drug-likeness (QED) is 0.690. The molecule has 1 aromatic carbocycles. The van der Waals surface area contributed by atoms with Crippen LogP contribution >= 0.6 is 27.7 Å². The van der Waals surface area contributed by atoms with Crippen LogP contribution in [0.25, 0.3) is 0 Å². The molecule has 0 radical (unpaired) electrons. The molecule has 0 unspecified atom stereocenters. The van der Waals surface area contributed by atoms with E-state index >= 15 is 0 Å². The Kier molecular flexibility index (Phi) is 5.57. The molecule has 0 spiro atoms. The average Bonchev–Trinajstić information content (AvgIpc) is 2.98. The summed E-state index contributed by atoms with van der Waals surface area (Å²) in [7, 11) is -3.06. The maximum atomic E-state index is 12.4. The third kappa shape index (κ3) is 3.73. The van der Waals surface area contributed by atoms with Crippen LogP contribution in [-0.2, 0) is 14.6 Å². The number of nitrogens with zero attached hydrogens (tertiary/aromatic N) is 2. The highest BCUT2D eigenvalue weighted by atomic mass is 79.9. The number of aryl methyl sites for hydroxylation is 2. The second kappa shape index (κ2) is 7.28. The topological polar surface area (TPSA) is 66.8 Å². The first-order valence-corrected chi connectivity index (χ1v) is 12.2. The molecule has 26 heavy (non-hydrogen) atoms. The molecule has 2 fully saturated rings. The summed E-state index contributed by atoms with van der Waals surface area (Å²) in [5, 5.41) is 0.555. The lowest BCUT2D eigenvalue weighted by Gasteiger charge is -2.28. The van der Waals surface area contributed by atoms with E-state index in [4.69, 9.17) is 0 Å². The fourth-order valence-corrected chi connectivity index (χ4v) is 8.08. The SMILES string of the molecule is CC[C@H](C)C(=O)N=C1S[C@@H]2CS(=O)(=O)C[C@@H]2N1c1c(C)cc(Br)cc1C. The lowest BCUT2D eigenvalue weighted by Crippen LogP contribution is -2.38. The zero-order valence-corrected chi connectivity index (χ0v) is 18.5. The fraction of sp³-hybridized carbons (Fsp3) is 0.556. The van der Waals surface area contributed by atoms with Crippen molar-refractivity contribution < 1.29 is 13.2 Å². The molecule has 8 heteroatoms. The minimum Gasteiger partial charge on any atom is -0.315 e. The lowest BCUT2D eigenvalue weighted by molar-refractivity contribution is -0.121. The number of carbonyl (C=O) groups is 1. The standard InChI is InChI=1S/C18H23BrN2O3S2/c1-5-10(2)17(22)20-18-21(14-8-26(23,24)9-15(14)25-18)16-11(3)6-13(19)7-12(16)4/h6-7,10,14-15H,5,8-9H2,1-4H3/t10-,14-,15+/m0/s1. The maximum Gasteiger partial charge on any atom is 0.250 e. The van der Waals surface area contributed by atoms with Crippen LogP contribution in [0.1, 0.15) is 31.4 Å². The number of amides is 1. The monoisotopic (exact) mass is 458 g/mol. The molecule has 3 atom stereocenters. The lowest BCUT2D eigenvalue weighted by atomic mass is 10.1. The summed E-state index contributed by atoms with van der Waals surface area (Å²) in [4.78, 5) is 18.8. The minimum atomic E-state index is -3.06. The van der Waals surface area contributed by atoms with Gasteiger partial charge in [-0.1, -0.05) is 41.5 Å². The number of halogens is 1. The van der Waals surface area contributed by atoms with Crippen LogP contribution in [0.2, 0.25) is 0 Å². The van der Waals surface area contributed by atoms with Crippen LogP contribution in [0, 0.1) is 19.8 Å². The van der Waals surface area contributed by atoms with E-state index in [1.165, 1.54) is 11.8 Å². The van der Waals surface area contributed by atoms with Crippen LogP contribution in [-0.4, -0.2) is 42.3 Å². The minimum absolute atomic E-state index is 0.0778. The third-order valence-corrected chi connectivity index (χ3v) is 8.67. The number of rotatable bonds is 3. The highest BCUT2D eigenvalue weighted by Gasteiger charge is 2.50. The number of amidine groups is 1. The molecule has 0 aliphatic carbocycles. The van der Waals surface area contributed by atoms with Gasteiger partial charge in [0.1, 0.15) is 0 Å². The first-order chi connectivity index (χ1) is 12.1. The number of hydrogen-bond acceptors (Lipinski definition) is 4. The van der Waals surface area contributed by atoms with Gasteiger partial charge in [-0.15, -0.1) is 0 Å². The van der Waals surface area contributed by atoms with E-state index in [2.05, 4.69) is 20.9 Å². The smallest absolute Gasteiger partial charge is 0.250 e. The van der Waals surface area contributed by atoms with E-state index in [9.17, 15) is 13.2 Å². The van der Waals surface area contributed by atoms with E-state index in [1.807, 2.05) is 44.7 Å². The van der Waals surface area contributed by atoms with Crippen molar-refractivity contribution in [2.45, 2.75) is 45.4 Å². The number of sulfone groups is 1. The van der Waals surface area contributed by atoms with E-state index < -0.39 is 9.84 Å². The predicted molar refractivity (Wildman–Crippen MR) is 112 cm³/mol. The molecule has 0 N–H and O–H groups in total. The number of benzene rings is 1. The van der Waals surface area contributed by atoms with Gasteiger partial charge in [-0.2, -0.15) is 4.99 Å². The van der Waals surface area contributed by atoms with Crippen molar-refractivity contribution in [3.63, 3.8) is 0 Å². The summed E-state index contributed by atoms with van der Waals surface area (Å²) in [5.41, 5.74) is 3.03. The summed E-state index contributed by atoms with van der Waals surface area (Å²) in [6.45, 7) is 7.84. The van der Waals surface area contributed by atoms with Gasteiger partial charge < -0.3 is 4.90 Å². The largest absolute Gasteiger partial charge is 0.315 e. The van der Waals surface area contributed by atoms with Crippen molar-refractivity contribution in [1.29, 1.82) is 0 Å². The van der Waals surface area contributed by atoms with Gasteiger partial charge in [0, 0.05) is 21.3 Å². The summed E-state index contributed by atoms with van der Waals surface area (Å²) < 4.78 is 25.3. The predicted octanol–water partition coefficient (Wildman–Crippen LogP) is 3.71. The summed E-state index contributed by atoms with van der Waals surface area (Å²) >= 11 is 4.94. The second-order valence-electron chi connectivity index (χ2n) is 7.10. The normalized spacial score (nSPS) is 27.0. The molecule has 2 heterocycles. The molecular weight excluding hydrogens is 436 g/mol. The zero-order valence-electron chi connectivity index (χ0n) is 15.3. The van der Waals surface area contributed by atoms with Crippen LogP contribution in [0.3, 0.4) is 0 Å². The Bertz CT molecular complexity index is 859. The molecule has 5 nitrogen and oxygen atoms in total. The molecule has 2 saturated heterocycles. The van der Waals surface area contributed by atoms with Crippen molar-refractivity contribution in [1.82, 2.24) is 0 Å². The first kappa shape index (κ1) is 19.9. The van der Waals surface area contributed by atoms with Crippen molar-refractivity contribution >= 4 is 54.3 Å². The van der Waals surface area contributed by atoms with Gasteiger partial charge in [0.2, 0.25) is 0 Å². The number of hydrogen-bond donors (Lipinski definition) is 0. The zero-order chi connectivity index (χ0) is 19.2. The van der Waals surface area contributed by atoms with Crippen molar-refractivity contribution in [2.24, 2.45) is 10.9 Å². The molecule has 1 amide bonds. The molecule has 0 saturated carbocycles. The van der Waals surface area contributed by atoms with Crippen molar-refractivity contribution in [2.75, 3.05) is 16.4 Å². The van der Waals surface area contributed by atoms with Gasteiger partial charge in [-0.3, -0.25) is 4.79 Å². The number of fused-ring (bicyclic) bond motifs is 1. The number of carbonyl (C=O) groups excluding carboxylic acids is 1. The molecule has 3 rings (SSSR count). The van der Waals surface area contributed by atoms with Crippen LogP contribution in [0.4, 0.5) is 5.69 Å². The van der Waals surface area contributed by atoms with Crippen LogP contribution in [0.15, 0.2) is 21.6 Å². The van der Waals surface area contributed by atoms with E-state index in [0.717, 1.165) is 27.7 Å². The first-order valence-electron chi connectivity index (χ1n) is 8.68. The molecule has 142 valence electrons. The number of thioether (sulfide) groups is 1. The molecule has 1 aromatic rings. The summed E-state index contributed by atoms with van der Waals surface area (Å²) in [6, 6.07) is 3.85. The van der Waals surface area contributed by atoms with Crippen LogP contribution < -0.4 is 4.90 Å². The Balaban J connectivity index is 2.09. The Morgan fingerprint density at radius 2 is 1.96 bits per heavy atom. The Morgan fingerprint density at radius 1 is 1.35 bits per heavy atom. The van der Waals surface area contributed by atoms with Gasteiger partial charge in [0.25, 0.3) is 5.91 Å². The van der Waals surface area contributed by atoms with E-state index in [0.29, 0.717) is 5.17 Å². The average molecular weight is 459 g/mol. The van der Waals surface area contributed by atoms with E-state index in [-0.39, 0.29) is 34.6 Å². The highest BCUT2D eigenvalue weighted by molar-refractivity contribution is 9.10. The van der Waals surface area contributed by atoms with E-state index in [1.54, 1.807) is 0 Å². The Hall–Kier alpha value is -0.860. The molecule has 2 aliphatic heterocycles. The molecular formula is C18H23BrN2O3S2. The van der Waals surface area contributed by atoms with Crippen molar-refractivity contribution in [3.05, 3.63) is 27.7 Å². The third-order valence-electron chi connectivity index (χ3n) is 5.00. The van der Waals surface area contributed by atoms with Gasteiger partial charge in [-0.05, 0) is 43.5 Å². The molecule has 0 aromatic heterocycles. The Labute approximate surface area is 167 Å². The summed E-state index contributed by atoms with van der Waals surface area (Å²) in [6.07, 6.45) is 0.734. The fourth-order valence-electron chi connectivity index (χ4n) is 3.49. The number of anilines is 1. The van der Waals surface area contributed by atoms with Crippen molar-refractivity contribution in [3.8, 4) is 0 Å². The highest BCUT2D eigenvalue weighted by Crippen LogP contribution is 2.43. The van der Waals surface area contributed by atoms with Gasteiger partial charge in [-0.25, -0.2) is 8.42 Å². The second-order valence-corrected chi connectivity index (χ2v) is 11.4. The summed E-state index contributed by atoms with van der Waals surface area (Å²) in [5.74, 6) is -0.0309. The van der Waals surface area contributed by atoms with Gasteiger partial charge >= 0.3 is 0 Å². The number of aliphatic imine (C=N–C) groups is 1.